The number of ether oxygens (including phenoxy) is 1. The van der Waals surface area contributed by atoms with E-state index < -0.39 is 0 Å². The van der Waals surface area contributed by atoms with Crippen molar-refractivity contribution in [3.8, 4) is 0 Å². The van der Waals surface area contributed by atoms with Gasteiger partial charge in [0.15, 0.2) is 6.04 Å². The second-order valence-electron chi connectivity index (χ2n) is 3.53. The molecule has 0 saturated heterocycles. The van der Waals surface area contributed by atoms with Crippen molar-refractivity contribution in [3.05, 3.63) is 24.4 Å². The molecule has 0 saturated carbocycles. The number of rotatable bonds is 2. The first-order valence-electron chi connectivity index (χ1n) is 5.11. The highest BCUT2D eigenvalue weighted by molar-refractivity contribution is 6.00. The van der Waals surface area contributed by atoms with Gasteiger partial charge in [-0.1, -0.05) is 6.08 Å². The van der Waals surface area contributed by atoms with Crippen LogP contribution in [0.3, 0.4) is 0 Å². The fourth-order valence-electron chi connectivity index (χ4n) is 1.84. The van der Waals surface area contributed by atoms with Gasteiger partial charge in [0.05, 0.1) is 12.6 Å². The summed E-state index contributed by atoms with van der Waals surface area (Å²) < 4.78 is 5.03. The summed E-state index contributed by atoms with van der Waals surface area (Å²) in [6, 6.07) is -0.354. The zero-order valence-corrected chi connectivity index (χ0v) is 8.88. The Bertz CT molecular complexity index is 358. The zero-order valence-electron chi connectivity index (χ0n) is 8.88. The van der Waals surface area contributed by atoms with E-state index in [-0.39, 0.29) is 18.1 Å². The van der Waals surface area contributed by atoms with Gasteiger partial charge in [0.1, 0.15) is 5.84 Å². The lowest BCUT2D eigenvalue weighted by Crippen LogP contribution is -2.42. The second-order valence-corrected chi connectivity index (χ2v) is 3.53. The van der Waals surface area contributed by atoms with Crippen LogP contribution < -0.4 is 0 Å². The van der Waals surface area contributed by atoms with Crippen LogP contribution in [0.25, 0.3) is 0 Å². The van der Waals surface area contributed by atoms with Crippen molar-refractivity contribution < 1.29 is 9.53 Å². The Morgan fingerprint density at radius 3 is 3.13 bits per heavy atom. The first-order chi connectivity index (χ1) is 7.24. The number of allylic oxidation sites excluding steroid dienone is 2. The normalized spacial score (nSPS) is 27.6. The summed E-state index contributed by atoms with van der Waals surface area (Å²) in [6.45, 7) is 4.14. The number of hydrogen-bond acceptors (Lipinski definition) is 4. The average molecular weight is 206 g/mol. The van der Waals surface area contributed by atoms with Gasteiger partial charge >= 0.3 is 5.97 Å². The Kier molecular flexibility index (Phi) is 2.58. The molecule has 0 bridgehead atoms. The van der Waals surface area contributed by atoms with Crippen LogP contribution in [0.2, 0.25) is 0 Å². The van der Waals surface area contributed by atoms with Gasteiger partial charge in [-0.15, -0.1) is 0 Å². The fourth-order valence-corrected chi connectivity index (χ4v) is 1.84. The molecule has 2 aliphatic rings. The van der Waals surface area contributed by atoms with Gasteiger partial charge < -0.3 is 9.64 Å². The lowest BCUT2D eigenvalue weighted by molar-refractivity contribution is -0.147. The Balaban J connectivity index is 2.18. The highest BCUT2D eigenvalue weighted by atomic mass is 16.5. The molecule has 0 aromatic heterocycles. The van der Waals surface area contributed by atoms with Crippen molar-refractivity contribution in [3.63, 3.8) is 0 Å². The van der Waals surface area contributed by atoms with Crippen LogP contribution in [0.15, 0.2) is 29.4 Å². The molecule has 2 aliphatic heterocycles. The average Bonchev–Trinajstić information content (AvgIpc) is 2.54. The summed E-state index contributed by atoms with van der Waals surface area (Å²) >= 11 is 0. The van der Waals surface area contributed by atoms with Gasteiger partial charge in [-0.05, 0) is 26.0 Å². The minimum atomic E-state index is -0.304. The van der Waals surface area contributed by atoms with Crippen LogP contribution in [0.4, 0.5) is 0 Å². The van der Waals surface area contributed by atoms with Crippen LogP contribution >= 0.6 is 0 Å². The lowest BCUT2D eigenvalue weighted by Gasteiger charge is -2.24. The number of carbonyl (C=O) groups is 1. The molecule has 0 aromatic carbocycles. The number of hydrogen-bond donors (Lipinski definition) is 0. The molecule has 2 rings (SSSR count). The number of amidine groups is 1. The van der Waals surface area contributed by atoms with Crippen molar-refractivity contribution >= 4 is 11.8 Å². The Labute approximate surface area is 88.9 Å². The summed E-state index contributed by atoms with van der Waals surface area (Å²) in [7, 11) is 0. The quantitative estimate of drug-likeness (QED) is 0.635. The van der Waals surface area contributed by atoms with Crippen LogP contribution in [-0.4, -0.2) is 35.4 Å². The van der Waals surface area contributed by atoms with E-state index in [1.54, 1.807) is 0 Å². The van der Waals surface area contributed by atoms with Crippen molar-refractivity contribution in [1.82, 2.24) is 4.90 Å². The van der Waals surface area contributed by atoms with Crippen LogP contribution in [0.1, 0.15) is 13.8 Å². The maximum atomic E-state index is 11.7. The fraction of sp³-hybridized carbons (Fsp3) is 0.455. The predicted molar refractivity (Wildman–Crippen MR) is 57.4 cm³/mol. The lowest BCUT2D eigenvalue weighted by atomic mass is 10.1. The van der Waals surface area contributed by atoms with E-state index in [4.69, 9.17) is 4.74 Å². The Hall–Kier alpha value is -1.58. The third-order valence-corrected chi connectivity index (χ3v) is 2.49. The van der Waals surface area contributed by atoms with E-state index in [0.717, 1.165) is 5.84 Å². The van der Waals surface area contributed by atoms with E-state index in [2.05, 4.69) is 4.99 Å². The smallest absolute Gasteiger partial charge is 0.331 e. The maximum absolute atomic E-state index is 11.7. The highest BCUT2D eigenvalue weighted by Crippen LogP contribution is 2.22. The van der Waals surface area contributed by atoms with Gasteiger partial charge in [-0.25, -0.2) is 4.79 Å². The second kappa shape index (κ2) is 3.88. The molecule has 4 nitrogen and oxygen atoms in total. The molecule has 2 heterocycles. The third-order valence-electron chi connectivity index (χ3n) is 2.49. The van der Waals surface area contributed by atoms with Crippen LogP contribution in [0, 0.1) is 0 Å². The summed E-state index contributed by atoms with van der Waals surface area (Å²) in [6.07, 6.45) is 7.57. The predicted octanol–water partition coefficient (Wildman–Crippen LogP) is 1.10. The number of aliphatic imine (C=N–C) groups is 1. The van der Waals surface area contributed by atoms with E-state index in [1.165, 1.54) is 0 Å². The number of fused-ring (bicyclic) bond motifs is 1. The summed E-state index contributed by atoms with van der Waals surface area (Å²) in [5.74, 6) is 0.631. The molecular formula is C11H14N2O2. The topological polar surface area (TPSA) is 41.9 Å². The summed E-state index contributed by atoms with van der Waals surface area (Å²) in [5.41, 5.74) is 0. The van der Waals surface area contributed by atoms with E-state index in [1.807, 2.05) is 43.2 Å². The van der Waals surface area contributed by atoms with Crippen molar-refractivity contribution in [1.29, 1.82) is 0 Å². The number of nitrogens with zero attached hydrogens (tertiary/aromatic N) is 2. The Morgan fingerprint density at radius 1 is 1.60 bits per heavy atom. The monoisotopic (exact) mass is 206 g/mol. The van der Waals surface area contributed by atoms with Gasteiger partial charge in [0, 0.05) is 6.20 Å². The summed E-state index contributed by atoms with van der Waals surface area (Å²) in [4.78, 5) is 18.0. The first-order valence-corrected chi connectivity index (χ1v) is 5.11. The minimum absolute atomic E-state index is 0.0496. The van der Waals surface area contributed by atoms with E-state index in [0.29, 0.717) is 6.61 Å². The Morgan fingerprint density at radius 2 is 2.40 bits per heavy atom. The maximum Gasteiger partial charge on any atom is 0.331 e. The standard InChI is InChI=1S/C11H14N2O2/c1-3-15-11(14)10-8(2)12-9-6-4-5-7-13(9)10/h4-8,10H,3H2,1-2H3. The molecule has 2 atom stereocenters. The van der Waals surface area contributed by atoms with Crippen molar-refractivity contribution in [2.45, 2.75) is 25.9 Å². The van der Waals surface area contributed by atoms with Crippen molar-refractivity contribution in [2.24, 2.45) is 4.99 Å². The SMILES string of the molecule is CCOC(=O)C1C(C)N=C2C=CC=CN21. The number of esters is 1. The molecule has 0 N–H and O–H groups in total. The van der Waals surface area contributed by atoms with Crippen LogP contribution in [0.5, 0.6) is 0 Å². The third kappa shape index (κ3) is 1.67. The van der Waals surface area contributed by atoms with Crippen molar-refractivity contribution in [2.75, 3.05) is 6.61 Å². The van der Waals surface area contributed by atoms with E-state index >= 15 is 0 Å². The minimum Gasteiger partial charge on any atom is -0.464 e. The zero-order chi connectivity index (χ0) is 10.8. The molecule has 4 heteroatoms. The van der Waals surface area contributed by atoms with E-state index in [9.17, 15) is 4.79 Å². The van der Waals surface area contributed by atoms with Gasteiger partial charge in [-0.3, -0.25) is 4.99 Å². The van der Waals surface area contributed by atoms with Crippen LogP contribution in [-0.2, 0) is 9.53 Å². The largest absolute Gasteiger partial charge is 0.464 e. The van der Waals surface area contributed by atoms with Gasteiger partial charge in [0.25, 0.3) is 0 Å². The molecular weight excluding hydrogens is 192 g/mol. The summed E-state index contributed by atoms with van der Waals surface area (Å²) in [5, 5.41) is 0. The molecule has 0 aromatic rings. The van der Waals surface area contributed by atoms with Gasteiger partial charge in [0.2, 0.25) is 0 Å². The van der Waals surface area contributed by atoms with Gasteiger partial charge in [-0.2, -0.15) is 0 Å². The molecule has 0 radical (unpaired) electrons. The first kappa shape index (κ1) is 9.96. The highest BCUT2D eigenvalue weighted by Gasteiger charge is 2.38. The molecule has 0 aliphatic carbocycles. The molecule has 0 amide bonds. The molecule has 2 unspecified atom stereocenters. The molecule has 0 fully saturated rings. The molecule has 15 heavy (non-hydrogen) atoms. The number of carbonyl (C=O) groups excluding carboxylic acids is 1. The molecule has 0 spiro atoms. The molecule has 80 valence electrons.